The molecule has 1 fully saturated rings. The maximum absolute atomic E-state index is 5.48. The molecule has 1 heterocycles. The van der Waals surface area contributed by atoms with Crippen molar-refractivity contribution in [3.8, 4) is 22.9 Å². The van der Waals surface area contributed by atoms with Crippen LogP contribution in [0.1, 0.15) is 44.6 Å². The summed E-state index contributed by atoms with van der Waals surface area (Å²) < 4.78 is 18.4. The van der Waals surface area contributed by atoms with Crippen molar-refractivity contribution in [2.75, 3.05) is 33.7 Å². The lowest BCUT2D eigenvalue weighted by Crippen LogP contribution is -2.15. The van der Waals surface area contributed by atoms with Crippen LogP contribution >= 0.6 is 11.8 Å². The number of benzene rings is 1. The zero-order chi connectivity index (χ0) is 19.1. The van der Waals surface area contributed by atoms with Gasteiger partial charge in [0.15, 0.2) is 22.5 Å². The SMILES string of the molecule is COCCCSc1nnc(-c2ccc(OC)c(OC)c2)n1C1CCCCC1. The van der Waals surface area contributed by atoms with Crippen LogP contribution in [0.25, 0.3) is 11.4 Å². The average molecular weight is 392 g/mol. The van der Waals surface area contributed by atoms with Crippen LogP contribution in [-0.2, 0) is 4.74 Å². The first-order valence-corrected chi connectivity index (χ1v) is 10.6. The van der Waals surface area contributed by atoms with E-state index in [9.17, 15) is 0 Å². The minimum absolute atomic E-state index is 0.460. The summed E-state index contributed by atoms with van der Waals surface area (Å²) in [7, 11) is 5.05. The van der Waals surface area contributed by atoms with Crippen molar-refractivity contribution in [3.63, 3.8) is 0 Å². The second-order valence-corrected chi connectivity index (χ2v) is 7.79. The largest absolute Gasteiger partial charge is 0.493 e. The molecule has 7 heteroatoms. The molecule has 0 radical (unpaired) electrons. The summed E-state index contributed by atoms with van der Waals surface area (Å²) in [6.07, 6.45) is 7.23. The fourth-order valence-electron chi connectivity index (χ4n) is 3.58. The summed E-state index contributed by atoms with van der Waals surface area (Å²) in [4.78, 5) is 0. The Kier molecular flexibility index (Phi) is 7.41. The van der Waals surface area contributed by atoms with E-state index in [1.165, 1.54) is 32.1 Å². The van der Waals surface area contributed by atoms with E-state index >= 15 is 0 Å². The predicted molar refractivity (Wildman–Crippen MR) is 108 cm³/mol. The van der Waals surface area contributed by atoms with Gasteiger partial charge in [-0.3, -0.25) is 4.57 Å². The summed E-state index contributed by atoms with van der Waals surface area (Å²) in [5, 5.41) is 10.1. The Morgan fingerprint density at radius 2 is 1.81 bits per heavy atom. The highest BCUT2D eigenvalue weighted by Gasteiger charge is 2.24. The maximum Gasteiger partial charge on any atom is 0.191 e. The number of thioether (sulfide) groups is 1. The first-order valence-electron chi connectivity index (χ1n) is 9.57. The summed E-state index contributed by atoms with van der Waals surface area (Å²) in [5.74, 6) is 3.32. The number of rotatable bonds is 9. The molecule has 1 aliphatic carbocycles. The summed E-state index contributed by atoms with van der Waals surface area (Å²) >= 11 is 1.77. The molecule has 1 aromatic carbocycles. The molecular formula is C20H29N3O3S. The van der Waals surface area contributed by atoms with Crippen LogP contribution < -0.4 is 9.47 Å². The zero-order valence-corrected chi connectivity index (χ0v) is 17.3. The first-order chi connectivity index (χ1) is 13.3. The van der Waals surface area contributed by atoms with Gasteiger partial charge >= 0.3 is 0 Å². The van der Waals surface area contributed by atoms with Gasteiger partial charge in [0.1, 0.15) is 0 Å². The van der Waals surface area contributed by atoms with Gasteiger partial charge in [0.2, 0.25) is 0 Å². The monoisotopic (exact) mass is 391 g/mol. The van der Waals surface area contributed by atoms with E-state index in [0.717, 1.165) is 41.1 Å². The number of hydrogen-bond donors (Lipinski definition) is 0. The molecule has 1 saturated carbocycles. The van der Waals surface area contributed by atoms with Gasteiger partial charge in [-0.1, -0.05) is 31.0 Å². The highest BCUT2D eigenvalue weighted by atomic mass is 32.2. The fraction of sp³-hybridized carbons (Fsp3) is 0.600. The van der Waals surface area contributed by atoms with E-state index in [2.05, 4.69) is 14.8 Å². The van der Waals surface area contributed by atoms with Gasteiger partial charge in [0, 0.05) is 31.1 Å². The minimum atomic E-state index is 0.460. The molecule has 0 unspecified atom stereocenters. The Morgan fingerprint density at radius 3 is 2.52 bits per heavy atom. The van der Waals surface area contributed by atoms with Gasteiger partial charge in [-0.25, -0.2) is 0 Å². The van der Waals surface area contributed by atoms with Crippen molar-refractivity contribution < 1.29 is 14.2 Å². The fourth-order valence-corrected chi connectivity index (χ4v) is 4.50. The van der Waals surface area contributed by atoms with Gasteiger partial charge in [0.05, 0.1) is 14.2 Å². The van der Waals surface area contributed by atoms with Gasteiger partial charge in [0.25, 0.3) is 0 Å². The van der Waals surface area contributed by atoms with Crippen LogP contribution in [0.3, 0.4) is 0 Å². The molecule has 0 amide bonds. The topological polar surface area (TPSA) is 58.4 Å². The Bertz CT molecular complexity index is 729. The molecular weight excluding hydrogens is 362 g/mol. The quantitative estimate of drug-likeness (QED) is 0.460. The molecule has 0 saturated heterocycles. The van der Waals surface area contributed by atoms with Crippen LogP contribution in [0, 0.1) is 0 Å². The molecule has 1 aliphatic rings. The van der Waals surface area contributed by atoms with E-state index in [1.54, 1.807) is 33.1 Å². The number of hydrogen-bond acceptors (Lipinski definition) is 6. The zero-order valence-electron chi connectivity index (χ0n) is 16.4. The first kappa shape index (κ1) is 20.0. The minimum Gasteiger partial charge on any atom is -0.493 e. The lowest BCUT2D eigenvalue weighted by atomic mass is 9.95. The lowest BCUT2D eigenvalue weighted by Gasteiger charge is -2.25. The second-order valence-electron chi connectivity index (χ2n) is 6.73. The maximum atomic E-state index is 5.48. The molecule has 6 nitrogen and oxygen atoms in total. The van der Waals surface area contributed by atoms with Crippen molar-refractivity contribution in [3.05, 3.63) is 18.2 Å². The molecule has 0 atom stereocenters. The summed E-state index contributed by atoms with van der Waals surface area (Å²) in [5.41, 5.74) is 1.01. The average Bonchev–Trinajstić information content (AvgIpc) is 3.15. The standard InChI is InChI=1S/C20H29N3O3S/c1-24-12-7-13-27-20-22-21-19(23(20)16-8-5-4-6-9-16)15-10-11-17(25-2)18(14-15)26-3/h10-11,14,16H,4-9,12-13H2,1-3H3. The number of nitrogens with zero attached hydrogens (tertiary/aromatic N) is 3. The Balaban J connectivity index is 1.92. The van der Waals surface area contributed by atoms with Crippen LogP contribution in [0.2, 0.25) is 0 Å². The van der Waals surface area contributed by atoms with E-state index in [0.29, 0.717) is 11.8 Å². The Hall–Kier alpha value is -1.73. The van der Waals surface area contributed by atoms with Crippen LogP contribution in [0.15, 0.2) is 23.4 Å². The van der Waals surface area contributed by atoms with Crippen molar-refractivity contribution in [1.82, 2.24) is 14.8 Å². The Labute approximate surface area is 165 Å². The van der Waals surface area contributed by atoms with Crippen LogP contribution in [-0.4, -0.2) is 48.5 Å². The molecule has 0 bridgehead atoms. The number of methoxy groups -OCH3 is 3. The van der Waals surface area contributed by atoms with E-state index in [1.807, 2.05) is 18.2 Å². The third-order valence-corrected chi connectivity index (χ3v) is 6.00. The second kappa shape index (κ2) is 9.99. The van der Waals surface area contributed by atoms with Crippen molar-refractivity contribution >= 4 is 11.8 Å². The van der Waals surface area contributed by atoms with Crippen LogP contribution in [0.5, 0.6) is 11.5 Å². The van der Waals surface area contributed by atoms with Crippen molar-refractivity contribution in [1.29, 1.82) is 0 Å². The molecule has 3 rings (SSSR count). The normalized spacial score (nSPS) is 15.1. The van der Waals surface area contributed by atoms with E-state index < -0.39 is 0 Å². The molecule has 2 aromatic rings. The van der Waals surface area contributed by atoms with E-state index in [-0.39, 0.29) is 0 Å². The molecule has 0 spiro atoms. The van der Waals surface area contributed by atoms with Gasteiger partial charge in [-0.2, -0.15) is 0 Å². The molecule has 0 N–H and O–H groups in total. The van der Waals surface area contributed by atoms with Crippen LogP contribution in [0.4, 0.5) is 0 Å². The smallest absolute Gasteiger partial charge is 0.191 e. The third-order valence-electron chi connectivity index (χ3n) is 4.97. The third kappa shape index (κ3) is 4.76. The lowest BCUT2D eigenvalue weighted by molar-refractivity contribution is 0.200. The van der Waals surface area contributed by atoms with Gasteiger partial charge < -0.3 is 14.2 Å². The number of aromatic nitrogens is 3. The van der Waals surface area contributed by atoms with Gasteiger partial charge in [-0.15, -0.1) is 10.2 Å². The van der Waals surface area contributed by atoms with Gasteiger partial charge in [-0.05, 0) is 37.5 Å². The Morgan fingerprint density at radius 1 is 1.04 bits per heavy atom. The molecule has 1 aromatic heterocycles. The highest BCUT2D eigenvalue weighted by Crippen LogP contribution is 2.38. The van der Waals surface area contributed by atoms with E-state index in [4.69, 9.17) is 14.2 Å². The number of ether oxygens (including phenoxy) is 3. The predicted octanol–water partition coefficient (Wildman–Crippen LogP) is 4.60. The van der Waals surface area contributed by atoms with Crippen molar-refractivity contribution in [2.45, 2.75) is 49.7 Å². The summed E-state index contributed by atoms with van der Waals surface area (Å²) in [6, 6.07) is 6.41. The highest BCUT2D eigenvalue weighted by molar-refractivity contribution is 7.99. The molecule has 148 valence electrons. The summed E-state index contributed by atoms with van der Waals surface area (Å²) in [6.45, 7) is 0.771. The molecule has 0 aliphatic heterocycles. The van der Waals surface area contributed by atoms with Crippen molar-refractivity contribution in [2.24, 2.45) is 0 Å². The molecule has 27 heavy (non-hydrogen) atoms.